The molecule has 0 heterocycles. The minimum atomic E-state index is -0.607. The first-order chi connectivity index (χ1) is 13.4. The topological polar surface area (TPSA) is 37.3 Å². The number of carbonyl (C=O) groups is 1. The van der Waals surface area contributed by atoms with Gasteiger partial charge in [-0.05, 0) is 32.1 Å². The summed E-state index contributed by atoms with van der Waals surface area (Å²) in [6.45, 7) is 10.7. The third kappa shape index (κ3) is 12.1. The second-order valence-corrected chi connectivity index (χ2v) is 9.65. The summed E-state index contributed by atoms with van der Waals surface area (Å²) in [6, 6.07) is 0. The van der Waals surface area contributed by atoms with Crippen molar-refractivity contribution in [3.8, 4) is 0 Å². The molecule has 0 aliphatic carbocycles. The maximum Gasteiger partial charge on any atom is 0.309 e. The third-order valence-electron chi connectivity index (χ3n) is 6.77. The van der Waals surface area contributed by atoms with E-state index in [1.165, 1.54) is 103 Å². The first-order valence-electron chi connectivity index (χ1n) is 12.6. The van der Waals surface area contributed by atoms with Crippen molar-refractivity contribution in [3.05, 3.63) is 0 Å². The number of hydrogen-bond donors (Lipinski definition) is 1. The van der Waals surface area contributed by atoms with Crippen LogP contribution in [-0.2, 0) is 4.79 Å². The molecule has 2 heteroatoms. The van der Waals surface area contributed by atoms with Gasteiger partial charge in [0.1, 0.15) is 0 Å². The Morgan fingerprint density at radius 2 is 1.00 bits per heavy atom. The van der Waals surface area contributed by atoms with Gasteiger partial charge in [-0.25, -0.2) is 0 Å². The minimum Gasteiger partial charge on any atom is -0.481 e. The molecule has 2 unspecified atom stereocenters. The maximum absolute atomic E-state index is 12.1. The summed E-state index contributed by atoms with van der Waals surface area (Å²) in [4.78, 5) is 12.1. The lowest BCUT2D eigenvalue weighted by Crippen LogP contribution is -2.37. The van der Waals surface area contributed by atoms with Crippen LogP contribution in [0.1, 0.15) is 144 Å². The number of carboxylic acids is 1. The highest BCUT2D eigenvalue weighted by molar-refractivity contribution is 5.74. The predicted octanol–water partition coefficient (Wildman–Crippen LogP) is 9.02. The summed E-state index contributed by atoms with van der Waals surface area (Å²) < 4.78 is 0. The highest BCUT2D eigenvalue weighted by Crippen LogP contribution is 2.41. The van der Waals surface area contributed by atoms with Gasteiger partial charge in [0.25, 0.3) is 0 Å². The SMILES string of the molecule is CCCCCCCCCC(CCCCCC)C(CCCCC)C(C)(C)C(=O)O. The molecule has 0 aromatic heterocycles. The highest BCUT2D eigenvalue weighted by atomic mass is 16.4. The van der Waals surface area contributed by atoms with Gasteiger partial charge in [-0.2, -0.15) is 0 Å². The van der Waals surface area contributed by atoms with Crippen molar-refractivity contribution < 1.29 is 9.90 Å². The number of carboxylic acid groups (broad SMARTS) is 1. The fourth-order valence-corrected chi connectivity index (χ4v) is 4.70. The molecule has 0 saturated heterocycles. The predicted molar refractivity (Wildman–Crippen MR) is 124 cm³/mol. The second-order valence-electron chi connectivity index (χ2n) is 9.65. The van der Waals surface area contributed by atoms with Crippen molar-refractivity contribution in [2.45, 2.75) is 144 Å². The summed E-state index contributed by atoms with van der Waals surface area (Å²) in [5, 5.41) is 9.92. The Kier molecular flexibility index (Phi) is 17.0. The normalized spacial score (nSPS) is 14.2. The molecule has 2 atom stereocenters. The molecule has 2 nitrogen and oxygen atoms in total. The van der Waals surface area contributed by atoms with Gasteiger partial charge in [0, 0.05) is 0 Å². The van der Waals surface area contributed by atoms with Crippen LogP contribution in [0.5, 0.6) is 0 Å². The molecule has 0 aromatic carbocycles. The van der Waals surface area contributed by atoms with Gasteiger partial charge in [-0.15, -0.1) is 0 Å². The molecule has 0 fully saturated rings. The van der Waals surface area contributed by atoms with Crippen LogP contribution in [0, 0.1) is 17.3 Å². The van der Waals surface area contributed by atoms with Crippen LogP contribution < -0.4 is 0 Å². The molecule has 0 amide bonds. The Morgan fingerprint density at radius 1 is 0.643 bits per heavy atom. The number of unbranched alkanes of at least 4 members (excludes halogenated alkanes) is 11. The summed E-state index contributed by atoms with van der Waals surface area (Å²) in [5.74, 6) is 0.292. The van der Waals surface area contributed by atoms with E-state index in [2.05, 4.69) is 20.8 Å². The zero-order valence-corrected chi connectivity index (χ0v) is 20.0. The fraction of sp³-hybridized carbons (Fsp3) is 0.962. The van der Waals surface area contributed by atoms with Gasteiger partial charge in [-0.1, -0.05) is 124 Å². The molecule has 0 saturated carbocycles. The first-order valence-corrected chi connectivity index (χ1v) is 12.6. The standard InChI is InChI=1S/C26H52O2/c1-6-9-12-14-15-16-19-21-23(20-18-13-10-7-2)24(22-17-11-8-3)26(4,5)25(27)28/h23-24H,6-22H2,1-5H3,(H,27,28). The van der Waals surface area contributed by atoms with Crippen molar-refractivity contribution in [2.24, 2.45) is 17.3 Å². The molecular weight excluding hydrogens is 344 g/mol. The van der Waals surface area contributed by atoms with Crippen LogP contribution in [0.4, 0.5) is 0 Å². The summed E-state index contributed by atoms with van der Waals surface area (Å²) in [5.41, 5.74) is -0.607. The van der Waals surface area contributed by atoms with E-state index in [4.69, 9.17) is 0 Å². The van der Waals surface area contributed by atoms with Gasteiger partial charge in [0.2, 0.25) is 0 Å². The van der Waals surface area contributed by atoms with E-state index in [1.807, 2.05) is 13.8 Å². The van der Waals surface area contributed by atoms with E-state index in [-0.39, 0.29) is 0 Å². The van der Waals surface area contributed by atoms with E-state index in [0.717, 1.165) is 6.42 Å². The molecule has 0 bridgehead atoms. The van der Waals surface area contributed by atoms with Gasteiger partial charge in [0.05, 0.1) is 5.41 Å². The van der Waals surface area contributed by atoms with Gasteiger partial charge < -0.3 is 5.11 Å². The summed E-state index contributed by atoms with van der Waals surface area (Å²) in [7, 11) is 0. The maximum atomic E-state index is 12.1. The average molecular weight is 397 g/mol. The van der Waals surface area contributed by atoms with Crippen LogP contribution in [0.3, 0.4) is 0 Å². The molecule has 28 heavy (non-hydrogen) atoms. The first kappa shape index (κ1) is 27.5. The van der Waals surface area contributed by atoms with Crippen molar-refractivity contribution >= 4 is 5.97 Å². The molecule has 0 spiro atoms. The third-order valence-corrected chi connectivity index (χ3v) is 6.77. The van der Waals surface area contributed by atoms with E-state index in [9.17, 15) is 9.90 Å². The Morgan fingerprint density at radius 3 is 1.46 bits per heavy atom. The molecular formula is C26H52O2. The van der Waals surface area contributed by atoms with E-state index < -0.39 is 11.4 Å². The second kappa shape index (κ2) is 17.3. The van der Waals surface area contributed by atoms with E-state index in [1.54, 1.807) is 0 Å². The van der Waals surface area contributed by atoms with E-state index >= 15 is 0 Å². The number of aliphatic carboxylic acids is 1. The molecule has 0 aromatic rings. The lowest BCUT2D eigenvalue weighted by molar-refractivity contribution is -0.152. The summed E-state index contributed by atoms with van der Waals surface area (Å²) in [6.07, 6.45) is 21.7. The number of rotatable bonds is 20. The average Bonchev–Trinajstić information content (AvgIpc) is 2.66. The Labute approximate surface area is 177 Å². The Balaban J connectivity index is 4.85. The Hall–Kier alpha value is -0.530. The van der Waals surface area contributed by atoms with Crippen molar-refractivity contribution in [3.63, 3.8) is 0 Å². The number of hydrogen-bond acceptors (Lipinski definition) is 1. The van der Waals surface area contributed by atoms with Crippen LogP contribution in [0.2, 0.25) is 0 Å². The molecule has 0 aliphatic rings. The molecule has 0 rings (SSSR count). The van der Waals surface area contributed by atoms with Crippen LogP contribution >= 0.6 is 0 Å². The molecule has 0 radical (unpaired) electrons. The minimum absolute atomic E-state index is 0.318. The molecule has 168 valence electrons. The van der Waals surface area contributed by atoms with Crippen LogP contribution in [0.25, 0.3) is 0 Å². The van der Waals surface area contributed by atoms with Crippen LogP contribution in [0.15, 0.2) is 0 Å². The van der Waals surface area contributed by atoms with Gasteiger partial charge in [0.15, 0.2) is 0 Å². The largest absolute Gasteiger partial charge is 0.481 e. The lowest BCUT2D eigenvalue weighted by Gasteiger charge is -2.37. The zero-order valence-electron chi connectivity index (χ0n) is 20.0. The van der Waals surface area contributed by atoms with Crippen molar-refractivity contribution in [1.82, 2.24) is 0 Å². The quantitative estimate of drug-likeness (QED) is 0.208. The van der Waals surface area contributed by atoms with Gasteiger partial charge in [-0.3, -0.25) is 4.79 Å². The fourth-order valence-electron chi connectivity index (χ4n) is 4.70. The lowest BCUT2D eigenvalue weighted by atomic mass is 9.66. The van der Waals surface area contributed by atoms with Crippen molar-refractivity contribution in [2.75, 3.05) is 0 Å². The molecule has 1 N–H and O–H groups in total. The Bertz CT molecular complexity index is 361. The summed E-state index contributed by atoms with van der Waals surface area (Å²) >= 11 is 0. The smallest absolute Gasteiger partial charge is 0.309 e. The highest BCUT2D eigenvalue weighted by Gasteiger charge is 2.40. The molecule has 0 aliphatic heterocycles. The van der Waals surface area contributed by atoms with Crippen molar-refractivity contribution in [1.29, 1.82) is 0 Å². The monoisotopic (exact) mass is 396 g/mol. The zero-order chi connectivity index (χ0) is 21.3. The van der Waals surface area contributed by atoms with Gasteiger partial charge >= 0.3 is 5.97 Å². The van der Waals surface area contributed by atoms with Crippen LogP contribution in [-0.4, -0.2) is 11.1 Å². The van der Waals surface area contributed by atoms with E-state index in [0.29, 0.717) is 11.8 Å².